The highest BCUT2D eigenvalue weighted by molar-refractivity contribution is 9.10. The van der Waals surface area contributed by atoms with Crippen LogP contribution in [-0.2, 0) is 4.74 Å². The van der Waals surface area contributed by atoms with E-state index in [0.717, 1.165) is 23.4 Å². The molecule has 1 aliphatic heterocycles. The topological polar surface area (TPSA) is 47.7 Å². The fourth-order valence-electron chi connectivity index (χ4n) is 2.80. The Morgan fingerprint density at radius 3 is 2.53 bits per heavy atom. The molecular weight excluding hydrogens is 308 g/mol. The number of hydrogen-bond donors (Lipinski definition) is 1. The first-order valence-electron chi connectivity index (χ1n) is 6.32. The van der Waals surface area contributed by atoms with Crippen LogP contribution < -0.4 is 10.5 Å². The number of ether oxygens (including phenoxy) is 2. The van der Waals surface area contributed by atoms with Crippen LogP contribution in [0.5, 0.6) is 5.75 Å². The van der Waals surface area contributed by atoms with Gasteiger partial charge in [0.05, 0.1) is 24.8 Å². The monoisotopic (exact) mass is 328 g/mol. The maximum absolute atomic E-state index is 6.00. The van der Waals surface area contributed by atoms with Crippen molar-refractivity contribution in [3.05, 3.63) is 28.2 Å². The van der Waals surface area contributed by atoms with Gasteiger partial charge in [0.1, 0.15) is 5.75 Å². The molecule has 1 heterocycles. The Balaban J connectivity index is 2.37. The highest BCUT2D eigenvalue weighted by Crippen LogP contribution is 2.44. The van der Waals surface area contributed by atoms with Gasteiger partial charge in [-0.1, -0.05) is 6.07 Å². The minimum Gasteiger partial charge on any atom is -0.496 e. The van der Waals surface area contributed by atoms with Crippen LogP contribution in [-0.4, -0.2) is 45.9 Å². The lowest BCUT2D eigenvalue weighted by Crippen LogP contribution is -2.55. The summed E-state index contributed by atoms with van der Waals surface area (Å²) in [6, 6.07) is 6.44. The molecule has 1 saturated heterocycles. The molecule has 1 unspecified atom stereocenters. The molecule has 19 heavy (non-hydrogen) atoms. The second-order valence-electron chi connectivity index (χ2n) is 5.32. The standard InChI is InChI=1S/C14H21BrN2O2/c1-17(2)13(14(7-16)8-19-9-14)10-4-5-12(18-3)11(15)6-10/h4-6,13H,7-9,16H2,1-3H3. The van der Waals surface area contributed by atoms with Crippen LogP contribution in [0.15, 0.2) is 22.7 Å². The van der Waals surface area contributed by atoms with Gasteiger partial charge in [-0.3, -0.25) is 0 Å². The van der Waals surface area contributed by atoms with E-state index in [2.05, 4.69) is 47.1 Å². The average molecular weight is 329 g/mol. The Morgan fingerprint density at radius 1 is 1.47 bits per heavy atom. The summed E-state index contributed by atoms with van der Waals surface area (Å²) in [7, 11) is 5.83. The van der Waals surface area contributed by atoms with Crippen LogP contribution in [0.1, 0.15) is 11.6 Å². The van der Waals surface area contributed by atoms with E-state index in [1.54, 1.807) is 7.11 Å². The molecular formula is C14H21BrN2O2. The minimum absolute atomic E-state index is 0.0114. The number of rotatable bonds is 5. The highest BCUT2D eigenvalue weighted by atomic mass is 79.9. The third-order valence-electron chi connectivity index (χ3n) is 3.77. The summed E-state index contributed by atoms with van der Waals surface area (Å²) in [5.41, 5.74) is 7.24. The van der Waals surface area contributed by atoms with Crippen LogP contribution >= 0.6 is 15.9 Å². The Hall–Kier alpha value is -0.620. The van der Waals surface area contributed by atoms with Crippen LogP contribution in [0, 0.1) is 5.41 Å². The zero-order valence-corrected chi connectivity index (χ0v) is 13.2. The van der Waals surface area contributed by atoms with Gasteiger partial charge in [0, 0.05) is 18.0 Å². The van der Waals surface area contributed by atoms with E-state index in [0.29, 0.717) is 6.54 Å². The molecule has 0 aromatic heterocycles. The molecule has 5 heteroatoms. The smallest absolute Gasteiger partial charge is 0.133 e. The molecule has 1 aromatic carbocycles. The van der Waals surface area contributed by atoms with Gasteiger partial charge in [-0.15, -0.1) is 0 Å². The van der Waals surface area contributed by atoms with Crippen LogP contribution in [0.25, 0.3) is 0 Å². The zero-order chi connectivity index (χ0) is 14.0. The van der Waals surface area contributed by atoms with Gasteiger partial charge in [0.2, 0.25) is 0 Å². The molecule has 106 valence electrons. The molecule has 2 rings (SSSR count). The molecule has 1 fully saturated rings. The van der Waals surface area contributed by atoms with E-state index in [-0.39, 0.29) is 11.5 Å². The zero-order valence-electron chi connectivity index (χ0n) is 11.6. The largest absolute Gasteiger partial charge is 0.496 e. The Labute approximate surface area is 123 Å². The number of hydrogen-bond acceptors (Lipinski definition) is 4. The average Bonchev–Trinajstić information content (AvgIpc) is 2.33. The second kappa shape index (κ2) is 5.79. The van der Waals surface area contributed by atoms with Crippen molar-refractivity contribution in [2.75, 3.05) is 41.0 Å². The van der Waals surface area contributed by atoms with Crippen LogP contribution in [0.2, 0.25) is 0 Å². The summed E-state index contributed by atoms with van der Waals surface area (Å²) in [4.78, 5) is 2.21. The lowest BCUT2D eigenvalue weighted by molar-refractivity contribution is -0.145. The molecule has 4 nitrogen and oxygen atoms in total. The number of nitrogens with zero attached hydrogens (tertiary/aromatic N) is 1. The quantitative estimate of drug-likeness (QED) is 0.898. The molecule has 0 radical (unpaired) electrons. The van der Waals surface area contributed by atoms with Crippen molar-refractivity contribution >= 4 is 15.9 Å². The van der Waals surface area contributed by atoms with Gasteiger partial charge in [0.25, 0.3) is 0 Å². The summed E-state index contributed by atoms with van der Waals surface area (Å²) < 4.78 is 11.7. The van der Waals surface area contributed by atoms with Crippen LogP contribution in [0.3, 0.4) is 0 Å². The highest BCUT2D eigenvalue weighted by Gasteiger charge is 2.46. The fourth-order valence-corrected chi connectivity index (χ4v) is 3.36. The second-order valence-corrected chi connectivity index (χ2v) is 6.17. The van der Waals surface area contributed by atoms with Crippen molar-refractivity contribution in [1.82, 2.24) is 4.90 Å². The molecule has 0 amide bonds. The van der Waals surface area contributed by atoms with Gasteiger partial charge in [-0.05, 0) is 47.7 Å². The lowest BCUT2D eigenvalue weighted by atomic mass is 9.74. The predicted octanol–water partition coefficient (Wildman–Crippen LogP) is 2.04. The van der Waals surface area contributed by atoms with E-state index in [4.69, 9.17) is 15.2 Å². The SMILES string of the molecule is COc1ccc(C(N(C)C)C2(CN)COC2)cc1Br. The maximum atomic E-state index is 6.00. The van der Waals surface area contributed by atoms with Gasteiger partial charge >= 0.3 is 0 Å². The number of nitrogens with two attached hydrogens (primary N) is 1. The van der Waals surface area contributed by atoms with Gasteiger partial charge in [-0.2, -0.15) is 0 Å². The molecule has 2 N–H and O–H groups in total. The summed E-state index contributed by atoms with van der Waals surface area (Å²) in [5, 5.41) is 0. The van der Waals surface area contributed by atoms with E-state index >= 15 is 0 Å². The van der Waals surface area contributed by atoms with E-state index in [9.17, 15) is 0 Å². The maximum Gasteiger partial charge on any atom is 0.133 e. The molecule has 0 aliphatic carbocycles. The Kier molecular flexibility index (Phi) is 4.50. The van der Waals surface area contributed by atoms with Crippen molar-refractivity contribution in [3.8, 4) is 5.75 Å². The molecule has 1 atom stereocenters. The molecule has 1 aliphatic rings. The first-order valence-corrected chi connectivity index (χ1v) is 7.11. The van der Waals surface area contributed by atoms with E-state index < -0.39 is 0 Å². The van der Waals surface area contributed by atoms with Gasteiger partial charge < -0.3 is 20.1 Å². The number of benzene rings is 1. The molecule has 0 bridgehead atoms. The van der Waals surface area contributed by atoms with E-state index in [1.165, 1.54) is 5.56 Å². The van der Waals surface area contributed by atoms with Crippen molar-refractivity contribution in [2.45, 2.75) is 6.04 Å². The third kappa shape index (κ3) is 2.65. The first-order chi connectivity index (χ1) is 9.04. The lowest BCUT2D eigenvalue weighted by Gasteiger charge is -2.49. The number of methoxy groups -OCH3 is 1. The van der Waals surface area contributed by atoms with Crippen molar-refractivity contribution in [2.24, 2.45) is 11.1 Å². The molecule has 1 aromatic rings. The van der Waals surface area contributed by atoms with Gasteiger partial charge in [-0.25, -0.2) is 0 Å². The molecule has 0 spiro atoms. The van der Waals surface area contributed by atoms with Crippen molar-refractivity contribution in [1.29, 1.82) is 0 Å². The summed E-state index contributed by atoms with van der Waals surface area (Å²) in [6.45, 7) is 2.06. The third-order valence-corrected chi connectivity index (χ3v) is 4.39. The van der Waals surface area contributed by atoms with Crippen molar-refractivity contribution in [3.63, 3.8) is 0 Å². The number of halogens is 1. The minimum atomic E-state index is 0.0114. The Bertz CT molecular complexity index is 442. The summed E-state index contributed by atoms with van der Waals surface area (Å²) in [5.74, 6) is 0.841. The van der Waals surface area contributed by atoms with E-state index in [1.807, 2.05) is 6.07 Å². The Morgan fingerprint density at radius 2 is 2.16 bits per heavy atom. The summed E-state index contributed by atoms with van der Waals surface area (Å²) in [6.07, 6.45) is 0. The summed E-state index contributed by atoms with van der Waals surface area (Å²) >= 11 is 3.55. The first kappa shape index (κ1) is 14.8. The van der Waals surface area contributed by atoms with Gasteiger partial charge in [0.15, 0.2) is 0 Å². The predicted molar refractivity (Wildman–Crippen MR) is 79.4 cm³/mol. The van der Waals surface area contributed by atoms with Crippen LogP contribution in [0.4, 0.5) is 0 Å². The van der Waals surface area contributed by atoms with Crippen molar-refractivity contribution < 1.29 is 9.47 Å². The molecule has 0 saturated carbocycles. The normalized spacial score (nSPS) is 19.1. The fraction of sp³-hybridized carbons (Fsp3) is 0.571.